The molecule has 6 heteroatoms. The fraction of sp³-hybridized carbons (Fsp3) is 0.417. The van der Waals surface area contributed by atoms with Gasteiger partial charge in [0.2, 0.25) is 5.91 Å². The lowest BCUT2D eigenvalue weighted by atomic mass is 10.1. The van der Waals surface area contributed by atoms with Gasteiger partial charge in [-0.2, -0.15) is 0 Å². The smallest absolute Gasteiger partial charge is 0.341 e. The van der Waals surface area contributed by atoms with Crippen molar-refractivity contribution in [2.45, 2.75) is 19.3 Å². The minimum Gasteiger partial charge on any atom is -0.465 e. The lowest BCUT2D eigenvalue weighted by Crippen LogP contribution is -2.35. The second-order valence-corrected chi connectivity index (χ2v) is 4.12. The van der Waals surface area contributed by atoms with Gasteiger partial charge in [0.1, 0.15) is 11.4 Å². The topological polar surface area (TPSA) is 85.5 Å². The van der Waals surface area contributed by atoms with Crippen molar-refractivity contribution >= 4 is 23.4 Å². The van der Waals surface area contributed by atoms with Crippen LogP contribution in [0.2, 0.25) is 0 Å². The first-order valence-electron chi connectivity index (χ1n) is 5.77. The summed E-state index contributed by atoms with van der Waals surface area (Å²) < 4.78 is 4.62. The Balaban J connectivity index is 2.34. The lowest BCUT2D eigenvalue weighted by Gasteiger charge is -2.26. The quantitative estimate of drug-likeness (QED) is 0.789. The number of ether oxygens (including phenoxy) is 1. The number of piperidine rings is 1. The number of amides is 1. The van der Waals surface area contributed by atoms with Crippen LogP contribution in [0.1, 0.15) is 29.6 Å². The van der Waals surface area contributed by atoms with Crippen LogP contribution in [-0.2, 0) is 9.53 Å². The van der Waals surface area contributed by atoms with Gasteiger partial charge in [-0.1, -0.05) is 0 Å². The van der Waals surface area contributed by atoms with Gasteiger partial charge in [0, 0.05) is 13.0 Å². The number of rotatable bonds is 2. The van der Waals surface area contributed by atoms with Crippen molar-refractivity contribution in [3.05, 3.63) is 17.8 Å². The third-order valence-corrected chi connectivity index (χ3v) is 2.94. The molecule has 1 fully saturated rings. The maximum Gasteiger partial charge on any atom is 0.341 e. The first-order valence-corrected chi connectivity index (χ1v) is 5.77. The van der Waals surface area contributed by atoms with Crippen LogP contribution < -0.4 is 10.6 Å². The molecule has 0 atom stereocenters. The van der Waals surface area contributed by atoms with Gasteiger partial charge in [-0.25, -0.2) is 9.78 Å². The van der Waals surface area contributed by atoms with Crippen LogP contribution in [0.5, 0.6) is 0 Å². The van der Waals surface area contributed by atoms with Gasteiger partial charge in [-0.15, -0.1) is 0 Å². The maximum atomic E-state index is 11.8. The first kappa shape index (κ1) is 12.3. The molecule has 1 aromatic heterocycles. The summed E-state index contributed by atoms with van der Waals surface area (Å²) in [5, 5.41) is 0. The molecule has 1 aliphatic heterocycles. The highest BCUT2D eigenvalue weighted by molar-refractivity contribution is 5.98. The predicted octanol–water partition coefficient (Wildman–Crippen LogP) is 0.967. The van der Waals surface area contributed by atoms with E-state index in [2.05, 4.69) is 9.72 Å². The van der Waals surface area contributed by atoms with Crippen molar-refractivity contribution in [2.24, 2.45) is 0 Å². The monoisotopic (exact) mass is 249 g/mol. The average molecular weight is 249 g/mol. The molecular weight excluding hydrogens is 234 g/mol. The van der Waals surface area contributed by atoms with E-state index in [-0.39, 0.29) is 17.3 Å². The summed E-state index contributed by atoms with van der Waals surface area (Å²) in [5.74, 6) is -0.398. The molecule has 0 radical (unpaired) electrons. The Morgan fingerprint density at radius 3 is 2.94 bits per heavy atom. The summed E-state index contributed by atoms with van der Waals surface area (Å²) in [5.41, 5.74) is 6.39. The zero-order chi connectivity index (χ0) is 13.1. The van der Waals surface area contributed by atoms with Crippen LogP contribution in [0.3, 0.4) is 0 Å². The molecule has 0 aromatic carbocycles. The number of hydrogen-bond acceptors (Lipinski definition) is 5. The standard InChI is InChI=1S/C12H15N3O3/c1-18-12(17)9-6-8(7-14-11(9)13)15-5-3-2-4-10(15)16/h6-7H,2-5H2,1H3,(H2,13,14). The highest BCUT2D eigenvalue weighted by Gasteiger charge is 2.22. The maximum absolute atomic E-state index is 11.8. The van der Waals surface area contributed by atoms with E-state index in [9.17, 15) is 9.59 Å². The lowest BCUT2D eigenvalue weighted by molar-refractivity contribution is -0.119. The fourth-order valence-electron chi connectivity index (χ4n) is 1.96. The van der Waals surface area contributed by atoms with E-state index in [0.29, 0.717) is 18.7 Å². The van der Waals surface area contributed by atoms with Crippen molar-refractivity contribution in [1.82, 2.24) is 4.98 Å². The highest BCUT2D eigenvalue weighted by atomic mass is 16.5. The summed E-state index contributed by atoms with van der Waals surface area (Å²) in [4.78, 5) is 28.9. The number of esters is 1. The van der Waals surface area contributed by atoms with Gasteiger partial charge in [-0.05, 0) is 18.9 Å². The van der Waals surface area contributed by atoms with Crippen molar-refractivity contribution in [3.63, 3.8) is 0 Å². The zero-order valence-electron chi connectivity index (χ0n) is 10.2. The number of methoxy groups -OCH3 is 1. The summed E-state index contributed by atoms with van der Waals surface area (Å²) in [6.07, 6.45) is 3.88. The Hall–Kier alpha value is -2.11. The number of nitrogens with zero attached hydrogens (tertiary/aromatic N) is 2. The van der Waals surface area contributed by atoms with Gasteiger partial charge < -0.3 is 15.4 Å². The molecule has 0 spiro atoms. The molecule has 96 valence electrons. The van der Waals surface area contributed by atoms with E-state index >= 15 is 0 Å². The van der Waals surface area contributed by atoms with E-state index in [1.54, 1.807) is 11.0 Å². The summed E-state index contributed by atoms with van der Waals surface area (Å²) in [7, 11) is 1.28. The molecule has 18 heavy (non-hydrogen) atoms. The Labute approximate surface area is 105 Å². The molecule has 2 heterocycles. The average Bonchev–Trinajstić information content (AvgIpc) is 2.39. The second-order valence-electron chi connectivity index (χ2n) is 4.12. The highest BCUT2D eigenvalue weighted by Crippen LogP contribution is 2.23. The van der Waals surface area contributed by atoms with Crippen LogP contribution in [-0.4, -0.2) is 30.5 Å². The minimum absolute atomic E-state index is 0.0450. The zero-order valence-corrected chi connectivity index (χ0v) is 10.2. The van der Waals surface area contributed by atoms with Gasteiger partial charge in [0.05, 0.1) is 19.0 Å². The second kappa shape index (κ2) is 5.03. The van der Waals surface area contributed by atoms with E-state index in [4.69, 9.17) is 5.73 Å². The predicted molar refractivity (Wildman–Crippen MR) is 66.2 cm³/mol. The Morgan fingerprint density at radius 2 is 2.28 bits per heavy atom. The number of nitrogens with two attached hydrogens (primary N) is 1. The van der Waals surface area contributed by atoms with Crippen LogP contribution in [0, 0.1) is 0 Å². The number of carbonyl (C=O) groups excluding carboxylic acids is 2. The van der Waals surface area contributed by atoms with Crippen LogP contribution in [0.25, 0.3) is 0 Å². The summed E-state index contributed by atoms with van der Waals surface area (Å²) in [6.45, 7) is 0.644. The van der Waals surface area contributed by atoms with Gasteiger partial charge in [0.25, 0.3) is 0 Å². The molecule has 0 unspecified atom stereocenters. The third-order valence-electron chi connectivity index (χ3n) is 2.94. The molecule has 1 saturated heterocycles. The van der Waals surface area contributed by atoms with Crippen molar-refractivity contribution in [2.75, 3.05) is 24.3 Å². The Kier molecular flexibility index (Phi) is 3.45. The van der Waals surface area contributed by atoms with Crippen LogP contribution >= 0.6 is 0 Å². The molecule has 6 nitrogen and oxygen atoms in total. The Morgan fingerprint density at radius 1 is 1.50 bits per heavy atom. The molecule has 1 aromatic rings. The SMILES string of the molecule is COC(=O)c1cc(N2CCCCC2=O)cnc1N. The molecule has 0 saturated carbocycles. The van der Waals surface area contributed by atoms with Crippen molar-refractivity contribution < 1.29 is 14.3 Å². The van der Waals surface area contributed by atoms with Crippen LogP contribution in [0.15, 0.2) is 12.3 Å². The molecule has 1 aliphatic rings. The third kappa shape index (κ3) is 2.27. The number of hydrogen-bond donors (Lipinski definition) is 1. The van der Waals surface area contributed by atoms with E-state index in [1.165, 1.54) is 13.3 Å². The van der Waals surface area contributed by atoms with Gasteiger partial charge in [0.15, 0.2) is 0 Å². The number of aromatic nitrogens is 1. The van der Waals surface area contributed by atoms with Gasteiger partial charge in [-0.3, -0.25) is 4.79 Å². The molecule has 0 bridgehead atoms. The summed E-state index contributed by atoms with van der Waals surface area (Å²) in [6, 6.07) is 1.55. The molecule has 1 amide bonds. The molecular formula is C12H15N3O3. The number of carbonyl (C=O) groups is 2. The van der Waals surface area contributed by atoms with Crippen molar-refractivity contribution in [1.29, 1.82) is 0 Å². The minimum atomic E-state index is -0.550. The fourth-order valence-corrected chi connectivity index (χ4v) is 1.96. The molecule has 2 N–H and O–H groups in total. The molecule has 0 aliphatic carbocycles. The van der Waals surface area contributed by atoms with Crippen molar-refractivity contribution in [3.8, 4) is 0 Å². The van der Waals surface area contributed by atoms with Crippen LogP contribution in [0.4, 0.5) is 11.5 Å². The van der Waals surface area contributed by atoms with E-state index in [1.807, 2.05) is 0 Å². The van der Waals surface area contributed by atoms with E-state index in [0.717, 1.165) is 12.8 Å². The molecule has 2 rings (SSSR count). The summed E-state index contributed by atoms with van der Waals surface area (Å²) >= 11 is 0. The number of anilines is 2. The normalized spacial score (nSPS) is 15.6. The van der Waals surface area contributed by atoms with E-state index < -0.39 is 5.97 Å². The first-order chi connectivity index (χ1) is 8.63. The largest absolute Gasteiger partial charge is 0.465 e. The number of pyridine rings is 1. The number of nitrogen functional groups attached to an aromatic ring is 1. The van der Waals surface area contributed by atoms with Gasteiger partial charge >= 0.3 is 5.97 Å². The Bertz CT molecular complexity index is 487.